The number of para-hydroxylation sites is 1. The SMILES string of the molecule is CCn1c(Cc2ccccc2)nnc1SCc1c(C)nn(-c2ccccc2)c1Cl. The number of aromatic nitrogens is 5. The maximum Gasteiger partial charge on any atom is 0.191 e. The molecule has 0 aliphatic carbocycles. The highest BCUT2D eigenvalue weighted by Gasteiger charge is 2.17. The number of nitrogens with zero attached hydrogens (tertiary/aromatic N) is 5. The molecule has 0 atom stereocenters. The molecule has 0 bridgehead atoms. The van der Waals surface area contributed by atoms with E-state index in [4.69, 9.17) is 11.6 Å². The minimum absolute atomic E-state index is 0.647. The predicted octanol–water partition coefficient (Wildman–Crippen LogP) is 5.33. The third-order valence-corrected chi connectivity index (χ3v) is 6.16. The molecule has 0 saturated carbocycles. The van der Waals surface area contributed by atoms with E-state index >= 15 is 0 Å². The zero-order chi connectivity index (χ0) is 20.2. The van der Waals surface area contributed by atoms with Gasteiger partial charge in [0, 0.05) is 24.3 Å². The average Bonchev–Trinajstić information content (AvgIpc) is 3.27. The van der Waals surface area contributed by atoms with E-state index in [1.54, 1.807) is 16.4 Å². The third kappa shape index (κ3) is 4.23. The van der Waals surface area contributed by atoms with Gasteiger partial charge in [0.05, 0.1) is 11.4 Å². The second-order valence-corrected chi connectivity index (χ2v) is 8.00. The monoisotopic (exact) mass is 423 g/mol. The van der Waals surface area contributed by atoms with Crippen molar-refractivity contribution in [2.24, 2.45) is 0 Å². The summed E-state index contributed by atoms with van der Waals surface area (Å²) in [5.74, 6) is 1.67. The molecule has 0 aliphatic rings. The molecule has 148 valence electrons. The van der Waals surface area contributed by atoms with Crippen molar-refractivity contribution in [3.63, 3.8) is 0 Å². The molecule has 0 N–H and O–H groups in total. The van der Waals surface area contributed by atoms with E-state index in [-0.39, 0.29) is 0 Å². The molecule has 0 aliphatic heterocycles. The normalized spacial score (nSPS) is 11.1. The highest BCUT2D eigenvalue weighted by atomic mass is 35.5. The standard InChI is InChI=1S/C22H22ClN5S/c1-3-27-20(14-17-10-6-4-7-11-17)24-25-22(27)29-15-19-16(2)26-28(21(19)23)18-12-8-5-9-13-18/h4-13H,3,14-15H2,1-2H3. The predicted molar refractivity (Wildman–Crippen MR) is 118 cm³/mol. The molecule has 0 amide bonds. The summed E-state index contributed by atoms with van der Waals surface area (Å²) in [6, 6.07) is 20.3. The summed E-state index contributed by atoms with van der Waals surface area (Å²) < 4.78 is 3.96. The Morgan fingerprint density at radius 1 is 0.966 bits per heavy atom. The first-order valence-corrected chi connectivity index (χ1v) is 10.9. The van der Waals surface area contributed by atoms with Gasteiger partial charge >= 0.3 is 0 Å². The number of thioether (sulfide) groups is 1. The van der Waals surface area contributed by atoms with Crippen molar-refractivity contribution in [3.8, 4) is 5.69 Å². The maximum absolute atomic E-state index is 6.66. The molecular formula is C22H22ClN5S. The van der Waals surface area contributed by atoms with E-state index in [9.17, 15) is 0 Å². The second-order valence-electron chi connectivity index (χ2n) is 6.70. The maximum atomic E-state index is 6.66. The lowest BCUT2D eigenvalue weighted by atomic mass is 10.1. The van der Waals surface area contributed by atoms with Crippen LogP contribution in [0.2, 0.25) is 5.15 Å². The lowest BCUT2D eigenvalue weighted by Gasteiger charge is -2.07. The van der Waals surface area contributed by atoms with E-state index in [1.165, 1.54) is 5.56 Å². The van der Waals surface area contributed by atoms with Crippen molar-refractivity contribution >= 4 is 23.4 Å². The van der Waals surface area contributed by atoms with Crippen LogP contribution in [-0.4, -0.2) is 24.5 Å². The van der Waals surface area contributed by atoms with E-state index in [1.807, 2.05) is 55.5 Å². The van der Waals surface area contributed by atoms with Gasteiger partial charge in [0.25, 0.3) is 0 Å². The minimum atomic E-state index is 0.647. The van der Waals surface area contributed by atoms with Crippen LogP contribution in [0.25, 0.3) is 5.69 Å². The van der Waals surface area contributed by atoms with Crippen molar-refractivity contribution in [1.82, 2.24) is 24.5 Å². The molecule has 0 radical (unpaired) electrons. The lowest BCUT2D eigenvalue weighted by Crippen LogP contribution is -2.04. The van der Waals surface area contributed by atoms with Crippen molar-refractivity contribution in [1.29, 1.82) is 0 Å². The number of benzene rings is 2. The van der Waals surface area contributed by atoms with Crippen LogP contribution >= 0.6 is 23.4 Å². The Kier molecular flexibility index (Phi) is 6.02. The van der Waals surface area contributed by atoms with Gasteiger partial charge in [-0.15, -0.1) is 10.2 Å². The van der Waals surface area contributed by atoms with Gasteiger partial charge in [0.2, 0.25) is 0 Å². The Morgan fingerprint density at radius 3 is 2.34 bits per heavy atom. The van der Waals surface area contributed by atoms with Gasteiger partial charge in [-0.25, -0.2) is 4.68 Å². The summed E-state index contributed by atoms with van der Waals surface area (Å²) in [6.45, 7) is 4.94. The Hall–Kier alpha value is -2.57. The fourth-order valence-electron chi connectivity index (χ4n) is 3.22. The summed E-state index contributed by atoms with van der Waals surface area (Å²) in [6.07, 6.45) is 0.772. The highest BCUT2D eigenvalue weighted by molar-refractivity contribution is 7.98. The van der Waals surface area contributed by atoms with E-state index < -0.39 is 0 Å². The van der Waals surface area contributed by atoms with Crippen LogP contribution in [0.15, 0.2) is 65.8 Å². The van der Waals surface area contributed by atoms with Gasteiger partial charge in [0.1, 0.15) is 11.0 Å². The summed E-state index contributed by atoms with van der Waals surface area (Å²) in [4.78, 5) is 0. The van der Waals surface area contributed by atoms with Crippen molar-refractivity contribution in [2.45, 2.75) is 37.7 Å². The summed E-state index contributed by atoms with van der Waals surface area (Å²) in [5.41, 5.74) is 4.14. The fraction of sp³-hybridized carbons (Fsp3) is 0.227. The van der Waals surface area contributed by atoms with Crippen molar-refractivity contribution in [2.75, 3.05) is 0 Å². The number of hydrogen-bond acceptors (Lipinski definition) is 4. The molecule has 0 spiro atoms. The molecule has 7 heteroatoms. The molecule has 2 heterocycles. The van der Waals surface area contributed by atoms with Crippen LogP contribution in [0.1, 0.15) is 29.6 Å². The van der Waals surface area contributed by atoms with E-state index in [2.05, 4.69) is 38.9 Å². The summed E-state index contributed by atoms with van der Waals surface area (Å²) in [5, 5.41) is 15.0. The van der Waals surface area contributed by atoms with Crippen LogP contribution in [0.4, 0.5) is 0 Å². The molecule has 2 aromatic heterocycles. The van der Waals surface area contributed by atoms with Gasteiger partial charge in [-0.2, -0.15) is 5.10 Å². The highest BCUT2D eigenvalue weighted by Crippen LogP contribution is 2.30. The molecule has 0 saturated heterocycles. The van der Waals surface area contributed by atoms with Crippen LogP contribution < -0.4 is 0 Å². The quantitative estimate of drug-likeness (QED) is 0.377. The first-order valence-electron chi connectivity index (χ1n) is 9.55. The third-order valence-electron chi connectivity index (χ3n) is 4.78. The first kappa shape index (κ1) is 19.7. The second kappa shape index (κ2) is 8.84. The van der Waals surface area contributed by atoms with Crippen LogP contribution in [0.5, 0.6) is 0 Å². The lowest BCUT2D eigenvalue weighted by molar-refractivity contribution is 0.651. The largest absolute Gasteiger partial charge is 0.306 e. The number of rotatable bonds is 7. The molecule has 4 aromatic rings. The van der Waals surface area contributed by atoms with Gasteiger partial charge in [-0.05, 0) is 31.5 Å². The Balaban J connectivity index is 1.53. The van der Waals surface area contributed by atoms with Crippen molar-refractivity contribution < 1.29 is 0 Å². The van der Waals surface area contributed by atoms with E-state index in [0.29, 0.717) is 10.9 Å². The van der Waals surface area contributed by atoms with E-state index in [0.717, 1.165) is 40.9 Å². The molecular weight excluding hydrogens is 402 g/mol. The number of aryl methyl sites for hydroxylation is 1. The Bertz CT molecular complexity index is 1090. The number of hydrogen-bond donors (Lipinski definition) is 0. The van der Waals surface area contributed by atoms with Crippen molar-refractivity contribution in [3.05, 3.63) is 88.5 Å². The zero-order valence-electron chi connectivity index (χ0n) is 16.4. The molecule has 2 aromatic carbocycles. The Labute approximate surface area is 179 Å². The average molecular weight is 424 g/mol. The molecule has 0 unspecified atom stereocenters. The van der Waals surface area contributed by atoms with Gasteiger partial charge in [0.15, 0.2) is 5.16 Å². The van der Waals surface area contributed by atoms with Crippen LogP contribution in [0.3, 0.4) is 0 Å². The minimum Gasteiger partial charge on any atom is -0.306 e. The fourth-order valence-corrected chi connectivity index (χ4v) is 4.75. The topological polar surface area (TPSA) is 48.5 Å². The molecule has 5 nitrogen and oxygen atoms in total. The molecule has 0 fully saturated rings. The van der Waals surface area contributed by atoms with Gasteiger partial charge in [-0.3, -0.25) is 0 Å². The molecule has 4 rings (SSSR count). The summed E-state index contributed by atoms with van der Waals surface area (Å²) in [7, 11) is 0. The zero-order valence-corrected chi connectivity index (χ0v) is 18.0. The van der Waals surface area contributed by atoms with Gasteiger partial charge < -0.3 is 4.57 Å². The first-order chi connectivity index (χ1) is 14.2. The van der Waals surface area contributed by atoms with Gasteiger partial charge in [-0.1, -0.05) is 71.9 Å². The molecule has 29 heavy (non-hydrogen) atoms. The number of halogens is 1. The van der Waals surface area contributed by atoms with Crippen LogP contribution in [0, 0.1) is 6.92 Å². The Morgan fingerprint density at radius 2 is 1.66 bits per heavy atom. The van der Waals surface area contributed by atoms with Crippen LogP contribution in [-0.2, 0) is 18.7 Å². The summed E-state index contributed by atoms with van der Waals surface area (Å²) >= 11 is 8.31. The smallest absolute Gasteiger partial charge is 0.191 e.